The maximum atomic E-state index is 10.8. The molecule has 0 atom stereocenters. The quantitative estimate of drug-likeness (QED) is 0.711. The molecule has 0 saturated heterocycles. The lowest BCUT2D eigenvalue weighted by molar-refractivity contribution is 0.897. The highest BCUT2D eigenvalue weighted by molar-refractivity contribution is 7.08. The lowest BCUT2D eigenvalue weighted by atomic mass is 10.4. The minimum Gasteiger partial charge on any atom is -0.276 e. The van der Waals surface area contributed by atoms with Crippen molar-refractivity contribution in [1.29, 1.82) is 0 Å². The Bertz CT molecular complexity index is 439. The zero-order valence-electron chi connectivity index (χ0n) is 6.44. The molecular formula is C7H7N3OS. The molecular weight excluding hydrogens is 174 g/mol. The zero-order valence-corrected chi connectivity index (χ0v) is 7.26. The van der Waals surface area contributed by atoms with Crippen LogP contribution in [-0.4, -0.2) is 14.2 Å². The molecule has 0 aliphatic carbocycles. The average Bonchev–Trinajstić information content (AvgIpc) is 2.58. The van der Waals surface area contributed by atoms with Crippen LogP contribution in [0, 0.1) is 6.92 Å². The Balaban J connectivity index is 2.50. The second-order valence-corrected chi connectivity index (χ2v) is 3.34. The highest BCUT2D eigenvalue weighted by Crippen LogP contribution is 2.08. The van der Waals surface area contributed by atoms with Gasteiger partial charge >= 0.3 is 0 Å². The predicted octanol–water partition coefficient (Wildman–Crippen LogP) is 0.931. The summed E-state index contributed by atoms with van der Waals surface area (Å²) in [5.74, 6) is 0. The smallest absolute Gasteiger partial charge is 0.260 e. The summed E-state index contributed by atoms with van der Waals surface area (Å²) in [7, 11) is 0. The highest BCUT2D eigenvalue weighted by Gasteiger charge is 2.00. The van der Waals surface area contributed by atoms with Crippen molar-refractivity contribution in [2.45, 2.75) is 6.92 Å². The van der Waals surface area contributed by atoms with Crippen molar-refractivity contribution in [3.05, 3.63) is 34.4 Å². The van der Waals surface area contributed by atoms with Gasteiger partial charge in [0.1, 0.15) is 5.00 Å². The Kier molecular flexibility index (Phi) is 1.58. The van der Waals surface area contributed by atoms with E-state index in [0.29, 0.717) is 0 Å². The fraction of sp³-hybridized carbons (Fsp3) is 0.143. The van der Waals surface area contributed by atoms with E-state index in [-0.39, 0.29) is 5.56 Å². The molecule has 4 nitrogen and oxygen atoms in total. The summed E-state index contributed by atoms with van der Waals surface area (Å²) in [5, 5.41) is 4.88. The van der Waals surface area contributed by atoms with Crippen molar-refractivity contribution >= 4 is 11.5 Å². The molecule has 0 unspecified atom stereocenters. The molecule has 0 spiro atoms. The van der Waals surface area contributed by atoms with Crippen LogP contribution in [0.4, 0.5) is 0 Å². The molecule has 0 bridgehead atoms. The molecule has 0 aliphatic rings. The monoisotopic (exact) mass is 181 g/mol. The molecule has 2 heterocycles. The van der Waals surface area contributed by atoms with Crippen molar-refractivity contribution in [3.63, 3.8) is 0 Å². The Morgan fingerprint density at radius 3 is 3.00 bits per heavy atom. The molecule has 0 aliphatic heterocycles. The molecule has 0 fully saturated rings. The van der Waals surface area contributed by atoms with E-state index in [1.807, 2.05) is 13.1 Å². The number of nitrogens with zero attached hydrogens (tertiary/aromatic N) is 2. The summed E-state index contributed by atoms with van der Waals surface area (Å²) < 4.78 is 4.28. The third-order valence-electron chi connectivity index (χ3n) is 1.45. The second-order valence-electron chi connectivity index (χ2n) is 2.51. The van der Waals surface area contributed by atoms with E-state index in [1.165, 1.54) is 17.6 Å². The van der Waals surface area contributed by atoms with Gasteiger partial charge in [-0.1, -0.05) is 0 Å². The fourth-order valence-corrected chi connectivity index (χ4v) is 1.54. The maximum Gasteiger partial charge on any atom is 0.260 e. The number of aromatic nitrogens is 3. The van der Waals surface area contributed by atoms with Gasteiger partial charge in [-0.25, -0.2) is 4.68 Å². The molecule has 12 heavy (non-hydrogen) atoms. The van der Waals surface area contributed by atoms with Crippen LogP contribution in [0.1, 0.15) is 5.56 Å². The summed E-state index contributed by atoms with van der Waals surface area (Å²) in [6, 6.07) is 1.52. The Labute approximate surface area is 72.6 Å². The molecule has 0 saturated carbocycles. The first kappa shape index (κ1) is 7.30. The normalized spacial score (nSPS) is 10.4. The van der Waals surface area contributed by atoms with Crippen LogP contribution >= 0.6 is 11.5 Å². The van der Waals surface area contributed by atoms with Gasteiger partial charge in [0.15, 0.2) is 0 Å². The van der Waals surface area contributed by atoms with Crippen molar-refractivity contribution in [2.75, 3.05) is 0 Å². The number of aryl methyl sites for hydroxylation is 1. The SMILES string of the molecule is Cc1cnn(-c2cc(=O)[nH]s2)c1. The summed E-state index contributed by atoms with van der Waals surface area (Å²) >= 11 is 1.28. The van der Waals surface area contributed by atoms with Crippen molar-refractivity contribution in [2.24, 2.45) is 0 Å². The molecule has 1 N–H and O–H groups in total. The van der Waals surface area contributed by atoms with Crippen LogP contribution in [0.25, 0.3) is 5.00 Å². The van der Waals surface area contributed by atoms with Crippen LogP contribution in [0.2, 0.25) is 0 Å². The van der Waals surface area contributed by atoms with E-state index in [1.54, 1.807) is 10.9 Å². The molecule has 0 aromatic carbocycles. The molecule has 5 heteroatoms. The van der Waals surface area contributed by atoms with Crippen LogP contribution in [0.3, 0.4) is 0 Å². The highest BCUT2D eigenvalue weighted by atomic mass is 32.1. The summed E-state index contributed by atoms with van der Waals surface area (Å²) in [5.41, 5.74) is 0.999. The van der Waals surface area contributed by atoms with Gasteiger partial charge in [0, 0.05) is 12.3 Å². The van der Waals surface area contributed by atoms with Gasteiger partial charge < -0.3 is 0 Å². The first-order chi connectivity index (χ1) is 5.75. The lowest BCUT2D eigenvalue weighted by Crippen LogP contribution is -1.94. The molecule has 2 aromatic rings. The topological polar surface area (TPSA) is 50.7 Å². The van der Waals surface area contributed by atoms with Crippen LogP contribution in [0.5, 0.6) is 0 Å². The lowest BCUT2D eigenvalue weighted by Gasteiger charge is -1.90. The fourth-order valence-electron chi connectivity index (χ4n) is 0.920. The van der Waals surface area contributed by atoms with Gasteiger partial charge in [-0.2, -0.15) is 5.10 Å². The minimum atomic E-state index is -0.0804. The summed E-state index contributed by atoms with van der Waals surface area (Å²) in [4.78, 5) is 10.8. The number of aromatic amines is 1. The number of nitrogens with one attached hydrogen (secondary N) is 1. The Morgan fingerprint density at radius 1 is 1.67 bits per heavy atom. The van der Waals surface area contributed by atoms with E-state index in [2.05, 4.69) is 9.47 Å². The van der Waals surface area contributed by atoms with Gasteiger partial charge in [0.05, 0.1) is 6.20 Å². The van der Waals surface area contributed by atoms with E-state index in [0.717, 1.165) is 10.6 Å². The van der Waals surface area contributed by atoms with Crippen LogP contribution < -0.4 is 5.56 Å². The first-order valence-electron chi connectivity index (χ1n) is 3.46. The first-order valence-corrected chi connectivity index (χ1v) is 4.27. The van der Waals surface area contributed by atoms with Gasteiger partial charge in [-0.15, -0.1) is 0 Å². The van der Waals surface area contributed by atoms with Gasteiger partial charge in [-0.3, -0.25) is 9.17 Å². The van der Waals surface area contributed by atoms with Crippen molar-refractivity contribution in [3.8, 4) is 5.00 Å². The maximum absolute atomic E-state index is 10.8. The minimum absolute atomic E-state index is 0.0804. The summed E-state index contributed by atoms with van der Waals surface area (Å²) in [6.45, 7) is 1.96. The van der Waals surface area contributed by atoms with E-state index in [4.69, 9.17) is 0 Å². The van der Waals surface area contributed by atoms with Crippen molar-refractivity contribution in [1.82, 2.24) is 14.2 Å². The zero-order chi connectivity index (χ0) is 8.55. The number of hydrogen-bond acceptors (Lipinski definition) is 3. The number of rotatable bonds is 1. The molecule has 2 rings (SSSR count). The standard InChI is InChI=1S/C7H7N3OS/c1-5-3-8-10(4-5)7-2-6(11)9-12-7/h2-4H,1H3,(H,9,11). The average molecular weight is 181 g/mol. The molecule has 0 radical (unpaired) electrons. The van der Waals surface area contributed by atoms with Crippen molar-refractivity contribution < 1.29 is 0 Å². The Hall–Kier alpha value is -1.36. The Morgan fingerprint density at radius 2 is 2.50 bits per heavy atom. The predicted molar refractivity (Wildman–Crippen MR) is 46.8 cm³/mol. The molecule has 2 aromatic heterocycles. The van der Waals surface area contributed by atoms with E-state index >= 15 is 0 Å². The van der Waals surface area contributed by atoms with E-state index in [9.17, 15) is 4.79 Å². The second kappa shape index (κ2) is 2.60. The van der Waals surface area contributed by atoms with Gasteiger partial charge in [-0.05, 0) is 24.0 Å². The third kappa shape index (κ3) is 1.18. The molecule has 0 amide bonds. The van der Waals surface area contributed by atoms with Crippen LogP contribution in [-0.2, 0) is 0 Å². The number of H-pyrrole nitrogens is 1. The van der Waals surface area contributed by atoms with Crippen LogP contribution in [0.15, 0.2) is 23.3 Å². The molecule has 62 valence electrons. The van der Waals surface area contributed by atoms with E-state index < -0.39 is 0 Å². The van der Waals surface area contributed by atoms with Gasteiger partial charge in [0.2, 0.25) is 0 Å². The number of hydrogen-bond donors (Lipinski definition) is 1. The third-order valence-corrected chi connectivity index (χ3v) is 2.27. The summed E-state index contributed by atoms with van der Waals surface area (Å²) in [6.07, 6.45) is 3.63. The van der Waals surface area contributed by atoms with Gasteiger partial charge in [0.25, 0.3) is 5.56 Å². The largest absolute Gasteiger partial charge is 0.276 e.